The van der Waals surface area contributed by atoms with Crippen molar-refractivity contribution in [3.63, 3.8) is 0 Å². The number of thiazole rings is 1. The van der Waals surface area contributed by atoms with Crippen LogP contribution in [-0.2, 0) is 42.0 Å². The first-order valence-electron chi connectivity index (χ1n) is 18.6. The number of carbonyl (C=O) groups excluding carboxylic acids is 2. The van der Waals surface area contributed by atoms with Crippen LogP contribution in [0.2, 0.25) is 0 Å². The second kappa shape index (κ2) is 16.2. The van der Waals surface area contributed by atoms with Crippen molar-refractivity contribution >= 4 is 33.2 Å². The van der Waals surface area contributed by atoms with Crippen LogP contribution >= 0.6 is 11.3 Å². The molecule has 1 aromatic heterocycles. The first kappa shape index (κ1) is 38.1. The fraction of sp³-hybridized carbons (Fsp3) is 0.564. The number of Topliss-reactive ketones (excluding diaryl/α,β-unsaturated/α-hetero) is 1. The summed E-state index contributed by atoms with van der Waals surface area (Å²) >= 11 is 1.25. The molecule has 3 aromatic rings. The number of fused-ring (bicyclic) bond motifs is 2. The largest absolute Gasteiger partial charge is 0.445 e. The molecule has 3 aliphatic heterocycles. The summed E-state index contributed by atoms with van der Waals surface area (Å²) in [6, 6.07) is 13.7. The summed E-state index contributed by atoms with van der Waals surface area (Å²) < 4.78 is 54.5. The Bertz CT molecular complexity index is 1870. The van der Waals surface area contributed by atoms with Gasteiger partial charge in [0.05, 0.1) is 41.7 Å². The van der Waals surface area contributed by atoms with Gasteiger partial charge in [-0.25, -0.2) is 18.2 Å². The number of alkyl carbamates (subject to hydrolysis) is 1. The standard InChI is InChI=1S/C39H49N3O9S2/c1-25(43)36-40-20-33(52-36)27-13-14-34-28(18-27)22-48-16-10-5-3-4-9-15-42(53(34,46)47)21-32(44)31(17-26-11-7-6-8-12-26)41-38(45)51-35-29-19-30-37(49-23-29)50-24-39(30,35)2/h6-8,11-14,18,20,29-32,35,37,44H,3-5,9-10,15-17,19,21-24H2,1-2H3,(H,41,45)/t29?,30?,31-,32+,35-,37-,39?/m0/s1. The van der Waals surface area contributed by atoms with Crippen molar-refractivity contribution in [2.45, 2.75) is 94.8 Å². The van der Waals surface area contributed by atoms with Crippen LogP contribution in [0.1, 0.15) is 73.3 Å². The van der Waals surface area contributed by atoms with Crippen molar-refractivity contribution in [1.29, 1.82) is 0 Å². The predicted molar refractivity (Wildman–Crippen MR) is 198 cm³/mol. The summed E-state index contributed by atoms with van der Waals surface area (Å²) in [4.78, 5) is 30.7. The maximum atomic E-state index is 14.6. The molecule has 14 heteroatoms. The fourth-order valence-corrected chi connectivity index (χ4v) is 10.8. The van der Waals surface area contributed by atoms with Crippen molar-refractivity contribution in [3.8, 4) is 10.4 Å². The zero-order valence-corrected chi connectivity index (χ0v) is 31.9. The lowest BCUT2D eigenvalue weighted by molar-refractivity contribution is -0.170. The molecule has 286 valence electrons. The van der Waals surface area contributed by atoms with Crippen molar-refractivity contribution in [1.82, 2.24) is 14.6 Å². The first-order valence-corrected chi connectivity index (χ1v) is 20.9. The van der Waals surface area contributed by atoms with Gasteiger partial charge < -0.3 is 29.4 Å². The Labute approximate surface area is 315 Å². The van der Waals surface area contributed by atoms with Gasteiger partial charge in [-0.15, -0.1) is 11.3 Å². The van der Waals surface area contributed by atoms with E-state index in [9.17, 15) is 23.1 Å². The maximum absolute atomic E-state index is 14.6. The summed E-state index contributed by atoms with van der Waals surface area (Å²) in [7, 11) is -4.15. The summed E-state index contributed by atoms with van der Waals surface area (Å²) in [5, 5.41) is 15.2. The summed E-state index contributed by atoms with van der Waals surface area (Å²) in [5.41, 5.74) is 1.73. The van der Waals surface area contributed by atoms with Gasteiger partial charge in [-0.1, -0.05) is 62.6 Å². The second-order valence-corrected chi connectivity index (χ2v) is 18.0. The van der Waals surface area contributed by atoms with Gasteiger partial charge in [-0.3, -0.25) is 4.79 Å². The van der Waals surface area contributed by atoms with Crippen LogP contribution in [0.3, 0.4) is 0 Å². The molecule has 1 amide bonds. The predicted octanol–water partition coefficient (Wildman–Crippen LogP) is 5.58. The number of amides is 1. The Kier molecular flexibility index (Phi) is 11.7. The molecule has 1 saturated carbocycles. The van der Waals surface area contributed by atoms with E-state index in [4.69, 9.17) is 18.9 Å². The number of ketones is 1. The number of nitrogens with one attached hydrogen (secondary N) is 1. The van der Waals surface area contributed by atoms with Gasteiger partial charge in [0.15, 0.2) is 17.1 Å². The summed E-state index contributed by atoms with van der Waals surface area (Å²) in [5.74, 6) is 0.0721. The number of benzene rings is 2. The normalized spacial score (nSPS) is 28.4. The summed E-state index contributed by atoms with van der Waals surface area (Å²) in [6.45, 7) is 4.99. The van der Waals surface area contributed by atoms with E-state index in [1.807, 2.05) is 30.3 Å². The van der Waals surface area contributed by atoms with E-state index >= 15 is 0 Å². The fourth-order valence-electron chi connectivity index (χ4n) is 8.34. The van der Waals surface area contributed by atoms with Crippen LogP contribution in [-0.4, -0.2) is 92.1 Å². The lowest BCUT2D eigenvalue weighted by atomic mass is 9.80. The molecular weight excluding hydrogens is 719 g/mol. The van der Waals surface area contributed by atoms with Crippen molar-refractivity contribution in [3.05, 3.63) is 70.9 Å². The smallest absolute Gasteiger partial charge is 0.407 e. The average Bonchev–Trinajstić information content (AvgIpc) is 3.83. The third kappa shape index (κ3) is 8.24. The van der Waals surface area contributed by atoms with Gasteiger partial charge >= 0.3 is 6.09 Å². The number of β-amino-alcohol motifs (C(OH)–C–C–N with tert-alkyl or cyclic N) is 1. The highest BCUT2D eigenvalue weighted by Gasteiger charge is 2.63. The van der Waals surface area contributed by atoms with E-state index < -0.39 is 34.4 Å². The number of sulfonamides is 1. The number of carbonyl (C=O) groups is 2. The number of ether oxygens (including phenoxy) is 4. The lowest BCUT2D eigenvalue weighted by Crippen LogP contribution is -2.52. The Hall–Kier alpha value is -3.24. The van der Waals surface area contributed by atoms with Crippen LogP contribution in [0.15, 0.2) is 59.6 Å². The molecule has 4 aliphatic rings. The number of rotatable bonds is 9. The molecule has 3 unspecified atom stereocenters. The Morgan fingerprint density at radius 2 is 1.91 bits per heavy atom. The van der Waals surface area contributed by atoms with Crippen LogP contribution in [0.4, 0.5) is 4.79 Å². The van der Waals surface area contributed by atoms with Gasteiger partial charge in [0.1, 0.15) is 6.10 Å². The molecule has 2 saturated heterocycles. The Morgan fingerprint density at radius 3 is 2.70 bits per heavy atom. The molecule has 12 nitrogen and oxygen atoms in total. The van der Waals surface area contributed by atoms with Gasteiger partial charge in [0.25, 0.3) is 0 Å². The molecule has 2 bridgehead atoms. The van der Waals surface area contributed by atoms with Crippen molar-refractivity contribution < 1.29 is 42.1 Å². The zero-order valence-electron chi connectivity index (χ0n) is 30.3. The third-order valence-electron chi connectivity index (χ3n) is 11.3. The second-order valence-electron chi connectivity index (χ2n) is 15.0. The van der Waals surface area contributed by atoms with Crippen LogP contribution in [0.25, 0.3) is 10.4 Å². The first-order chi connectivity index (χ1) is 25.5. The van der Waals surface area contributed by atoms with Crippen LogP contribution in [0.5, 0.6) is 0 Å². The van der Waals surface area contributed by atoms with E-state index in [1.54, 1.807) is 24.4 Å². The minimum Gasteiger partial charge on any atom is -0.445 e. The van der Waals surface area contributed by atoms with Crippen LogP contribution < -0.4 is 5.32 Å². The average molecular weight is 768 g/mol. The maximum Gasteiger partial charge on any atom is 0.407 e. The van der Waals surface area contributed by atoms with Gasteiger partial charge in [-0.05, 0) is 54.5 Å². The zero-order chi connectivity index (χ0) is 37.2. The molecule has 7 rings (SSSR count). The molecule has 1 aliphatic carbocycles. The molecule has 4 heterocycles. The third-order valence-corrected chi connectivity index (χ3v) is 14.4. The van der Waals surface area contributed by atoms with E-state index in [0.29, 0.717) is 36.8 Å². The molecule has 0 radical (unpaired) electrons. The van der Waals surface area contributed by atoms with Gasteiger partial charge in [0.2, 0.25) is 10.0 Å². The molecular formula is C39H49N3O9S2. The Balaban J connectivity index is 1.14. The highest BCUT2D eigenvalue weighted by atomic mass is 32.2. The van der Waals surface area contributed by atoms with E-state index in [2.05, 4.69) is 17.2 Å². The van der Waals surface area contributed by atoms with Crippen molar-refractivity contribution in [2.24, 2.45) is 17.3 Å². The highest BCUT2D eigenvalue weighted by molar-refractivity contribution is 7.89. The van der Waals surface area contributed by atoms with E-state index in [1.165, 1.54) is 22.6 Å². The number of aliphatic hydroxyl groups excluding tert-OH is 1. The minimum absolute atomic E-state index is 0.0573. The number of aromatic nitrogens is 1. The topological polar surface area (TPSA) is 154 Å². The SMILES string of the molecule is CC(=O)c1ncc(-c2ccc3c(c2)COCCCCCCCN(C[C@@H](O)[C@H](Cc2ccccc2)NC(=O)O[C@H]2C4CO[C@H]5OCC2(C)C5C4)S3(=O)=O)s1. The molecule has 2 N–H and O–H groups in total. The number of hydrogen-bond acceptors (Lipinski definition) is 11. The van der Waals surface area contributed by atoms with Crippen molar-refractivity contribution in [2.75, 3.05) is 32.9 Å². The number of aliphatic hydroxyl groups is 1. The highest BCUT2D eigenvalue weighted by Crippen LogP contribution is 2.57. The summed E-state index contributed by atoms with van der Waals surface area (Å²) in [6.07, 6.45) is 4.33. The number of nitrogens with zero attached hydrogens (tertiary/aromatic N) is 2. The molecule has 3 fully saturated rings. The Morgan fingerprint density at radius 1 is 1.11 bits per heavy atom. The van der Waals surface area contributed by atoms with E-state index in [-0.39, 0.29) is 60.3 Å². The number of hydrogen-bond donors (Lipinski definition) is 2. The van der Waals surface area contributed by atoms with E-state index in [0.717, 1.165) is 48.1 Å². The lowest BCUT2D eigenvalue weighted by Gasteiger charge is -2.33. The molecule has 0 spiro atoms. The van der Waals surface area contributed by atoms with Gasteiger partial charge in [-0.2, -0.15) is 4.31 Å². The quantitative estimate of drug-likeness (QED) is 0.264. The minimum atomic E-state index is -4.15. The monoisotopic (exact) mass is 767 g/mol. The molecule has 7 atom stereocenters. The molecule has 53 heavy (non-hydrogen) atoms. The van der Waals surface area contributed by atoms with Gasteiger partial charge in [0, 0.05) is 50.1 Å². The van der Waals surface area contributed by atoms with Crippen LogP contribution in [0, 0.1) is 17.3 Å². The molecule has 2 aromatic carbocycles.